The molecule has 5 nitrogen and oxygen atoms in total. The minimum Gasteiger partial charge on any atom is -0.350 e. The Morgan fingerprint density at radius 1 is 1.62 bits per heavy atom. The summed E-state index contributed by atoms with van der Waals surface area (Å²) in [5.74, 6) is -0.0346. The summed E-state index contributed by atoms with van der Waals surface area (Å²) in [4.78, 5) is 11.9. The second kappa shape index (κ2) is 6.27. The molecule has 5 heteroatoms. The highest BCUT2D eigenvalue weighted by Crippen LogP contribution is 2.04. The Kier molecular flexibility index (Phi) is 4.98. The summed E-state index contributed by atoms with van der Waals surface area (Å²) in [5.41, 5.74) is 5.59. The average Bonchev–Trinajstić information content (AvgIpc) is 2.80. The van der Waals surface area contributed by atoms with Crippen LogP contribution in [0.1, 0.15) is 32.7 Å². The van der Waals surface area contributed by atoms with Crippen molar-refractivity contribution in [1.82, 2.24) is 15.1 Å². The van der Waals surface area contributed by atoms with Gasteiger partial charge in [0.25, 0.3) is 0 Å². The van der Waals surface area contributed by atoms with E-state index in [1.54, 1.807) is 23.1 Å². The van der Waals surface area contributed by atoms with Crippen molar-refractivity contribution in [2.24, 2.45) is 5.73 Å². The number of hydrogen-bond donors (Lipinski definition) is 2. The number of nitrogens with two attached hydrogens (primary N) is 1. The largest absolute Gasteiger partial charge is 0.350 e. The summed E-state index contributed by atoms with van der Waals surface area (Å²) in [6, 6.07) is 1.58. The highest BCUT2D eigenvalue weighted by molar-refractivity contribution is 5.80. The van der Waals surface area contributed by atoms with Gasteiger partial charge in [0.05, 0.1) is 0 Å². The van der Waals surface area contributed by atoms with E-state index in [2.05, 4.69) is 17.3 Å². The predicted molar refractivity (Wildman–Crippen MR) is 62.8 cm³/mol. The number of hydrogen-bond acceptors (Lipinski definition) is 3. The third kappa shape index (κ3) is 3.34. The molecule has 0 aliphatic carbocycles. The zero-order chi connectivity index (χ0) is 12.0. The smallest absolute Gasteiger partial charge is 0.244 e. The first kappa shape index (κ1) is 12.7. The number of nitrogens with one attached hydrogen (secondary N) is 1. The van der Waals surface area contributed by atoms with Crippen molar-refractivity contribution in [1.29, 1.82) is 0 Å². The lowest BCUT2D eigenvalue weighted by molar-refractivity contribution is -0.124. The summed E-state index contributed by atoms with van der Waals surface area (Å²) >= 11 is 0. The van der Waals surface area contributed by atoms with Gasteiger partial charge in [-0.2, -0.15) is 5.10 Å². The van der Waals surface area contributed by atoms with Gasteiger partial charge < -0.3 is 11.1 Å². The SMILES string of the molecule is CCCC(CN)NC(=O)C(C)n1cccn1. The van der Waals surface area contributed by atoms with E-state index in [1.165, 1.54) is 0 Å². The van der Waals surface area contributed by atoms with Gasteiger partial charge in [-0.05, 0) is 19.4 Å². The lowest BCUT2D eigenvalue weighted by Gasteiger charge is -2.19. The average molecular weight is 224 g/mol. The van der Waals surface area contributed by atoms with E-state index in [-0.39, 0.29) is 18.0 Å². The van der Waals surface area contributed by atoms with Gasteiger partial charge in [0, 0.05) is 25.0 Å². The third-order valence-corrected chi connectivity index (χ3v) is 2.57. The predicted octanol–water partition coefficient (Wildman–Crippen LogP) is 0.688. The summed E-state index contributed by atoms with van der Waals surface area (Å²) < 4.78 is 1.63. The molecule has 1 heterocycles. The molecule has 0 bridgehead atoms. The fourth-order valence-corrected chi connectivity index (χ4v) is 1.55. The Morgan fingerprint density at radius 2 is 2.38 bits per heavy atom. The van der Waals surface area contributed by atoms with Gasteiger partial charge in [-0.3, -0.25) is 9.48 Å². The molecule has 1 rings (SSSR count). The van der Waals surface area contributed by atoms with Crippen LogP contribution in [0.5, 0.6) is 0 Å². The quantitative estimate of drug-likeness (QED) is 0.746. The molecule has 0 saturated heterocycles. The molecule has 1 amide bonds. The van der Waals surface area contributed by atoms with E-state index in [4.69, 9.17) is 5.73 Å². The van der Waals surface area contributed by atoms with Crippen LogP contribution in [0.25, 0.3) is 0 Å². The fraction of sp³-hybridized carbons (Fsp3) is 0.636. The van der Waals surface area contributed by atoms with E-state index in [1.807, 2.05) is 6.92 Å². The van der Waals surface area contributed by atoms with Gasteiger partial charge in [-0.25, -0.2) is 0 Å². The van der Waals surface area contributed by atoms with Crippen LogP contribution < -0.4 is 11.1 Å². The van der Waals surface area contributed by atoms with Crippen molar-refractivity contribution in [3.8, 4) is 0 Å². The minimum absolute atomic E-state index is 0.0346. The van der Waals surface area contributed by atoms with Gasteiger partial charge in [0.2, 0.25) is 5.91 Å². The van der Waals surface area contributed by atoms with Crippen LogP contribution in [-0.4, -0.2) is 28.3 Å². The van der Waals surface area contributed by atoms with E-state index in [0.717, 1.165) is 12.8 Å². The molecule has 0 aromatic carbocycles. The van der Waals surface area contributed by atoms with Crippen LogP contribution in [0.3, 0.4) is 0 Å². The zero-order valence-corrected chi connectivity index (χ0v) is 9.89. The Labute approximate surface area is 96.0 Å². The number of nitrogens with zero attached hydrogens (tertiary/aromatic N) is 2. The Balaban J connectivity index is 2.51. The Bertz CT molecular complexity index is 310. The van der Waals surface area contributed by atoms with E-state index in [0.29, 0.717) is 6.54 Å². The third-order valence-electron chi connectivity index (χ3n) is 2.57. The van der Waals surface area contributed by atoms with Gasteiger partial charge in [0.1, 0.15) is 6.04 Å². The normalized spacial score (nSPS) is 14.4. The van der Waals surface area contributed by atoms with Gasteiger partial charge in [-0.15, -0.1) is 0 Å². The van der Waals surface area contributed by atoms with Crippen LogP contribution >= 0.6 is 0 Å². The van der Waals surface area contributed by atoms with Crippen LogP contribution in [0.2, 0.25) is 0 Å². The van der Waals surface area contributed by atoms with Crippen molar-refractivity contribution >= 4 is 5.91 Å². The highest BCUT2D eigenvalue weighted by Gasteiger charge is 2.17. The van der Waals surface area contributed by atoms with Gasteiger partial charge in [-0.1, -0.05) is 13.3 Å². The van der Waals surface area contributed by atoms with Crippen molar-refractivity contribution in [2.75, 3.05) is 6.54 Å². The van der Waals surface area contributed by atoms with Crippen molar-refractivity contribution in [3.05, 3.63) is 18.5 Å². The van der Waals surface area contributed by atoms with Crippen molar-refractivity contribution in [3.63, 3.8) is 0 Å². The maximum Gasteiger partial charge on any atom is 0.244 e. The first-order chi connectivity index (χ1) is 7.69. The van der Waals surface area contributed by atoms with E-state index in [9.17, 15) is 4.79 Å². The molecule has 90 valence electrons. The minimum atomic E-state index is -0.291. The molecule has 0 saturated carbocycles. The van der Waals surface area contributed by atoms with Gasteiger partial charge in [0.15, 0.2) is 0 Å². The second-order valence-corrected chi connectivity index (χ2v) is 3.89. The van der Waals surface area contributed by atoms with Crippen molar-refractivity contribution < 1.29 is 4.79 Å². The topological polar surface area (TPSA) is 72.9 Å². The summed E-state index contributed by atoms with van der Waals surface area (Å²) in [6.45, 7) is 4.37. The lowest BCUT2D eigenvalue weighted by Crippen LogP contribution is -2.43. The number of amides is 1. The monoisotopic (exact) mass is 224 g/mol. The highest BCUT2D eigenvalue weighted by atomic mass is 16.2. The maximum atomic E-state index is 11.9. The molecule has 3 N–H and O–H groups in total. The maximum absolute atomic E-state index is 11.9. The number of rotatable bonds is 6. The van der Waals surface area contributed by atoms with E-state index < -0.39 is 0 Å². The first-order valence-electron chi connectivity index (χ1n) is 5.68. The molecule has 16 heavy (non-hydrogen) atoms. The van der Waals surface area contributed by atoms with Crippen molar-refractivity contribution in [2.45, 2.75) is 38.8 Å². The molecule has 0 aliphatic rings. The Morgan fingerprint density at radius 3 is 2.88 bits per heavy atom. The zero-order valence-electron chi connectivity index (χ0n) is 9.89. The lowest BCUT2D eigenvalue weighted by atomic mass is 10.1. The molecule has 1 aromatic rings. The number of aromatic nitrogens is 2. The van der Waals surface area contributed by atoms with Crippen LogP contribution in [0.4, 0.5) is 0 Å². The molecule has 2 atom stereocenters. The molecule has 0 aliphatic heterocycles. The standard InChI is InChI=1S/C11H20N4O/c1-3-5-10(8-12)14-11(16)9(2)15-7-4-6-13-15/h4,6-7,9-10H,3,5,8,12H2,1-2H3,(H,14,16). The van der Waals surface area contributed by atoms with Crippen LogP contribution in [0.15, 0.2) is 18.5 Å². The summed E-state index contributed by atoms with van der Waals surface area (Å²) in [6.07, 6.45) is 5.37. The molecular formula is C11H20N4O. The molecule has 0 fully saturated rings. The Hall–Kier alpha value is -1.36. The second-order valence-electron chi connectivity index (χ2n) is 3.89. The van der Waals surface area contributed by atoms with Crippen LogP contribution in [0, 0.1) is 0 Å². The van der Waals surface area contributed by atoms with Crippen LogP contribution in [-0.2, 0) is 4.79 Å². The molecule has 0 spiro atoms. The summed E-state index contributed by atoms with van der Waals surface area (Å²) in [5, 5.41) is 6.97. The molecule has 2 unspecified atom stereocenters. The summed E-state index contributed by atoms with van der Waals surface area (Å²) in [7, 11) is 0. The number of carbonyl (C=O) groups is 1. The molecule has 1 aromatic heterocycles. The number of carbonyl (C=O) groups excluding carboxylic acids is 1. The fourth-order valence-electron chi connectivity index (χ4n) is 1.55. The molecule has 0 radical (unpaired) electrons. The molecular weight excluding hydrogens is 204 g/mol. The van der Waals surface area contributed by atoms with E-state index >= 15 is 0 Å². The van der Waals surface area contributed by atoms with Gasteiger partial charge >= 0.3 is 0 Å². The first-order valence-corrected chi connectivity index (χ1v) is 5.68.